The Bertz CT molecular complexity index is 286. The molecule has 0 bridgehead atoms. The van der Waals surface area contributed by atoms with E-state index in [9.17, 15) is 4.79 Å². The summed E-state index contributed by atoms with van der Waals surface area (Å²) < 4.78 is 0. The highest BCUT2D eigenvalue weighted by molar-refractivity contribution is 5.86. The number of carbonyl (C=O) groups excluding carboxylic acids is 1. The summed E-state index contributed by atoms with van der Waals surface area (Å²) in [4.78, 5) is 14.7. The van der Waals surface area contributed by atoms with Gasteiger partial charge in [0.15, 0.2) is 0 Å². The van der Waals surface area contributed by atoms with Crippen LogP contribution in [0.15, 0.2) is 0 Å². The number of hydrogen-bond acceptors (Lipinski definition) is 3. The van der Waals surface area contributed by atoms with Gasteiger partial charge in [-0.15, -0.1) is 0 Å². The number of aliphatic hydroxyl groups is 1. The van der Waals surface area contributed by atoms with Crippen LogP contribution in [0.5, 0.6) is 0 Å². The molecule has 2 unspecified atom stereocenters. The second-order valence-corrected chi connectivity index (χ2v) is 5.74. The first-order valence-corrected chi connectivity index (χ1v) is 7.37. The van der Waals surface area contributed by atoms with Crippen molar-refractivity contribution >= 4 is 5.91 Å². The summed E-state index contributed by atoms with van der Waals surface area (Å²) in [5, 5.41) is 12.5. The Morgan fingerprint density at radius 2 is 2.33 bits per heavy atom. The molecule has 2 saturated heterocycles. The summed E-state index contributed by atoms with van der Waals surface area (Å²) in [5.41, 5.74) is -0.291. The van der Waals surface area contributed by atoms with E-state index in [4.69, 9.17) is 5.11 Å². The van der Waals surface area contributed by atoms with Gasteiger partial charge in [0.2, 0.25) is 5.91 Å². The van der Waals surface area contributed by atoms with Gasteiger partial charge in [-0.05, 0) is 51.0 Å². The van der Waals surface area contributed by atoms with Crippen LogP contribution in [0.25, 0.3) is 0 Å². The molecule has 2 aliphatic heterocycles. The molecule has 2 rings (SSSR count). The summed E-state index contributed by atoms with van der Waals surface area (Å²) >= 11 is 0. The largest absolute Gasteiger partial charge is 0.396 e. The van der Waals surface area contributed by atoms with Gasteiger partial charge in [-0.2, -0.15) is 0 Å². The van der Waals surface area contributed by atoms with E-state index in [1.165, 1.54) is 0 Å². The van der Waals surface area contributed by atoms with Gasteiger partial charge in [0.1, 0.15) is 0 Å². The number of carbonyl (C=O) groups is 1. The maximum Gasteiger partial charge on any atom is 0.242 e. The minimum atomic E-state index is -0.291. The summed E-state index contributed by atoms with van der Waals surface area (Å²) in [6.45, 7) is 5.04. The molecule has 2 heterocycles. The Kier molecular flexibility index (Phi) is 4.62. The molecule has 4 heteroatoms. The van der Waals surface area contributed by atoms with Crippen molar-refractivity contribution in [3.8, 4) is 0 Å². The molecule has 0 aromatic heterocycles. The molecule has 2 atom stereocenters. The van der Waals surface area contributed by atoms with Crippen molar-refractivity contribution in [3.63, 3.8) is 0 Å². The number of amides is 1. The topological polar surface area (TPSA) is 52.6 Å². The van der Waals surface area contributed by atoms with Crippen molar-refractivity contribution in [2.45, 2.75) is 51.0 Å². The van der Waals surface area contributed by atoms with E-state index in [1.807, 2.05) is 4.90 Å². The SMILES string of the molecule is CCC1(C(=O)N2CCCC(CCO)C2)CCCN1. The van der Waals surface area contributed by atoms with Crippen molar-refractivity contribution in [2.24, 2.45) is 5.92 Å². The number of nitrogens with zero attached hydrogens (tertiary/aromatic N) is 1. The van der Waals surface area contributed by atoms with Crippen LogP contribution < -0.4 is 5.32 Å². The Labute approximate surface area is 110 Å². The first-order valence-electron chi connectivity index (χ1n) is 7.37. The van der Waals surface area contributed by atoms with Crippen LogP contribution >= 0.6 is 0 Å². The molecule has 0 radical (unpaired) electrons. The zero-order chi connectivity index (χ0) is 13.0. The quantitative estimate of drug-likeness (QED) is 0.791. The standard InChI is InChI=1S/C14H26N2O2/c1-2-14(7-4-8-15-14)13(18)16-9-3-5-12(11-16)6-10-17/h12,15,17H,2-11H2,1H3. The lowest BCUT2D eigenvalue weighted by Gasteiger charge is -2.38. The molecule has 1 amide bonds. The second-order valence-electron chi connectivity index (χ2n) is 5.74. The minimum absolute atomic E-state index is 0.240. The Morgan fingerprint density at radius 3 is 2.94 bits per heavy atom. The van der Waals surface area contributed by atoms with E-state index in [-0.39, 0.29) is 12.1 Å². The normalized spacial score (nSPS) is 32.8. The van der Waals surface area contributed by atoms with Gasteiger partial charge in [0, 0.05) is 19.7 Å². The van der Waals surface area contributed by atoms with Gasteiger partial charge in [-0.1, -0.05) is 6.92 Å². The third kappa shape index (κ3) is 2.69. The predicted molar refractivity (Wildman–Crippen MR) is 71.3 cm³/mol. The summed E-state index contributed by atoms with van der Waals surface area (Å²) in [6, 6.07) is 0. The average Bonchev–Trinajstić information content (AvgIpc) is 2.88. The van der Waals surface area contributed by atoms with Gasteiger partial charge in [-0.25, -0.2) is 0 Å². The molecule has 0 aromatic carbocycles. The van der Waals surface area contributed by atoms with Crippen LogP contribution in [0.4, 0.5) is 0 Å². The Morgan fingerprint density at radius 1 is 1.50 bits per heavy atom. The van der Waals surface area contributed by atoms with Crippen LogP contribution in [-0.4, -0.2) is 47.7 Å². The molecule has 2 N–H and O–H groups in total. The first-order chi connectivity index (χ1) is 8.72. The van der Waals surface area contributed by atoms with E-state index >= 15 is 0 Å². The van der Waals surface area contributed by atoms with E-state index in [0.29, 0.717) is 11.8 Å². The fourth-order valence-corrected chi connectivity index (χ4v) is 3.41. The van der Waals surface area contributed by atoms with Crippen molar-refractivity contribution in [1.82, 2.24) is 10.2 Å². The highest BCUT2D eigenvalue weighted by Gasteiger charge is 2.42. The fraction of sp³-hybridized carbons (Fsp3) is 0.929. The monoisotopic (exact) mass is 254 g/mol. The molecule has 0 spiro atoms. The number of piperidine rings is 1. The highest BCUT2D eigenvalue weighted by Crippen LogP contribution is 2.28. The first kappa shape index (κ1) is 13.8. The smallest absolute Gasteiger partial charge is 0.242 e. The molecule has 2 aliphatic rings. The maximum absolute atomic E-state index is 12.7. The van der Waals surface area contributed by atoms with Crippen molar-refractivity contribution in [3.05, 3.63) is 0 Å². The second kappa shape index (κ2) is 6.02. The summed E-state index contributed by atoms with van der Waals surface area (Å²) in [5.74, 6) is 0.785. The van der Waals surface area contributed by atoms with Crippen molar-refractivity contribution in [1.29, 1.82) is 0 Å². The van der Waals surface area contributed by atoms with Crippen molar-refractivity contribution < 1.29 is 9.90 Å². The number of aliphatic hydroxyl groups excluding tert-OH is 1. The lowest BCUT2D eigenvalue weighted by Crippen LogP contribution is -2.56. The van der Waals surface area contributed by atoms with E-state index in [2.05, 4.69) is 12.2 Å². The fourth-order valence-electron chi connectivity index (χ4n) is 3.41. The third-order valence-electron chi connectivity index (χ3n) is 4.60. The van der Waals surface area contributed by atoms with Crippen molar-refractivity contribution in [2.75, 3.05) is 26.2 Å². The number of likely N-dealkylation sites (tertiary alicyclic amines) is 1. The number of nitrogens with one attached hydrogen (secondary N) is 1. The molecule has 18 heavy (non-hydrogen) atoms. The van der Waals surface area contributed by atoms with Gasteiger partial charge < -0.3 is 15.3 Å². The Balaban J connectivity index is 1.99. The lowest BCUT2D eigenvalue weighted by atomic mass is 9.89. The molecule has 4 nitrogen and oxygen atoms in total. The van der Waals surface area contributed by atoms with Crippen LogP contribution in [0.1, 0.15) is 45.4 Å². The molecule has 104 valence electrons. The van der Waals surface area contributed by atoms with Gasteiger partial charge in [-0.3, -0.25) is 4.79 Å². The van der Waals surface area contributed by atoms with E-state index < -0.39 is 0 Å². The van der Waals surface area contributed by atoms with Gasteiger partial charge >= 0.3 is 0 Å². The molecule has 0 aliphatic carbocycles. The van der Waals surface area contributed by atoms with E-state index in [1.54, 1.807) is 0 Å². The molecular weight excluding hydrogens is 228 g/mol. The lowest BCUT2D eigenvalue weighted by molar-refractivity contribution is -0.140. The summed E-state index contributed by atoms with van der Waals surface area (Å²) in [6.07, 6.45) is 6.02. The predicted octanol–water partition coefficient (Wildman–Crippen LogP) is 1.14. The van der Waals surface area contributed by atoms with Crippen LogP contribution in [-0.2, 0) is 4.79 Å². The summed E-state index contributed by atoms with van der Waals surface area (Å²) in [7, 11) is 0. The van der Waals surface area contributed by atoms with Gasteiger partial charge in [0.05, 0.1) is 5.54 Å². The Hall–Kier alpha value is -0.610. The molecule has 0 aromatic rings. The maximum atomic E-state index is 12.7. The number of hydrogen-bond donors (Lipinski definition) is 2. The third-order valence-corrected chi connectivity index (χ3v) is 4.60. The highest BCUT2D eigenvalue weighted by atomic mass is 16.3. The zero-order valence-electron chi connectivity index (χ0n) is 11.5. The minimum Gasteiger partial charge on any atom is -0.396 e. The average molecular weight is 254 g/mol. The number of rotatable bonds is 4. The van der Waals surface area contributed by atoms with E-state index in [0.717, 1.165) is 58.2 Å². The molecule has 0 saturated carbocycles. The van der Waals surface area contributed by atoms with Gasteiger partial charge in [0.25, 0.3) is 0 Å². The van der Waals surface area contributed by atoms with Crippen LogP contribution in [0.2, 0.25) is 0 Å². The van der Waals surface area contributed by atoms with Crippen LogP contribution in [0.3, 0.4) is 0 Å². The molecular formula is C14H26N2O2. The molecule has 2 fully saturated rings. The van der Waals surface area contributed by atoms with Crippen LogP contribution in [0, 0.1) is 5.92 Å². The zero-order valence-corrected chi connectivity index (χ0v) is 11.5.